The number of benzene rings is 1. The maximum Gasteiger partial charge on any atom is 0.0568 e. The molecule has 0 unspecified atom stereocenters. The van der Waals surface area contributed by atoms with E-state index in [9.17, 15) is 0 Å². The smallest absolute Gasteiger partial charge is 0.0568 e. The Hall–Kier alpha value is -1.57. The van der Waals surface area contributed by atoms with Gasteiger partial charge in [0.05, 0.1) is 6.20 Å². The van der Waals surface area contributed by atoms with Gasteiger partial charge >= 0.3 is 0 Å². The third-order valence-corrected chi connectivity index (χ3v) is 2.38. The highest BCUT2D eigenvalue weighted by Gasteiger charge is 2.12. The Bertz CT molecular complexity index is 449. The van der Waals surface area contributed by atoms with Gasteiger partial charge in [0.15, 0.2) is 0 Å². The number of hydrogen-bond acceptors (Lipinski definition) is 1. The number of hydrogen-bond donors (Lipinski definition) is 0. The van der Waals surface area contributed by atoms with Crippen molar-refractivity contribution in [1.29, 1.82) is 0 Å². The van der Waals surface area contributed by atoms with E-state index >= 15 is 0 Å². The van der Waals surface area contributed by atoms with Gasteiger partial charge in [0.25, 0.3) is 0 Å². The lowest BCUT2D eigenvalue weighted by Crippen LogP contribution is -2.15. The van der Waals surface area contributed by atoms with Crippen molar-refractivity contribution in [1.82, 2.24) is 9.78 Å². The summed E-state index contributed by atoms with van der Waals surface area (Å²) in [4.78, 5) is 0. The Morgan fingerprint density at radius 3 is 2.38 bits per heavy atom. The lowest BCUT2D eigenvalue weighted by atomic mass is 9.97. The molecule has 0 aliphatic heterocycles. The third-order valence-electron chi connectivity index (χ3n) is 2.38. The van der Waals surface area contributed by atoms with Gasteiger partial charge in [0.2, 0.25) is 0 Å². The maximum absolute atomic E-state index is 4.39. The molecule has 0 amide bonds. The van der Waals surface area contributed by atoms with Crippen LogP contribution >= 0.6 is 0 Å². The first kappa shape index (κ1) is 10.9. The molecular weight excluding hydrogens is 196 g/mol. The van der Waals surface area contributed by atoms with Crippen molar-refractivity contribution >= 4 is 0 Å². The fourth-order valence-electron chi connectivity index (χ4n) is 1.72. The van der Waals surface area contributed by atoms with Crippen LogP contribution in [0.3, 0.4) is 0 Å². The molecule has 16 heavy (non-hydrogen) atoms. The summed E-state index contributed by atoms with van der Waals surface area (Å²) >= 11 is 0. The second-order valence-electron chi connectivity index (χ2n) is 5.35. The van der Waals surface area contributed by atoms with Gasteiger partial charge in [0, 0.05) is 18.3 Å². The molecule has 2 aromatic rings. The molecule has 1 heterocycles. The Labute approximate surface area is 96.9 Å². The van der Waals surface area contributed by atoms with Crippen LogP contribution in [-0.4, -0.2) is 9.78 Å². The minimum atomic E-state index is 0.264. The molecule has 2 rings (SSSR count). The van der Waals surface area contributed by atoms with Crippen LogP contribution in [0.4, 0.5) is 0 Å². The average molecular weight is 214 g/mol. The first-order chi connectivity index (χ1) is 7.54. The number of aromatic nitrogens is 2. The highest BCUT2D eigenvalue weighted by Crippen LogP contribution is 2.20. The molecule has 1 aromatic heterocycles. The van der Waals surface area contributed by atoms with Gasteiger partial charge < -0.3 is 0 Å². The normalized spacial score (nSPS) is 11.7. The molecule has 2 nitrogen and oxygen atoms in total. The van der Waals surface area contributed by atoms with Crippen molar-refractivity contribution in [2.45, 2.75) is 27.3 Å². The summed E-state index contributed by atoms with van der Waals surface area (Å²) in [5.41, 5.74) is 2.67. The molecule has 0 saturated heterocycles. The molecule has 0 spiro atoms. The van der Waals surface area contributed by atoms with Crippen LogP contribution in [0.5, 0.6) is 0 Å². The van der Waals surface area contributed by atoms with Crippen LogP contribution < -0.4 is 0 Å². The zero-order valence-corrected chi connectivity index (χ0v) is 10.1. The van der Waals surface area contributed by atoms with Gasteiger partial charge in [-0.05, 0) is 11.0 Å². The van der Waals surface area contributed by atoms with Gasteiger partial charge in [-0.2, -0.15) is 5.10 Å². The molecule has 0 fully saturated rings. The van der Waals surface area contributed by atoms with Gasteiger partial charge in [-0.25, -0.2) is 0 Å². The van der Waals surface area contributed by atoms with E-state index in [1.807, 2.05) is 16.9 Å². The summed E-state index contributed by atoms with van der Waals surface area (Å²) in [7, 11) is 0. The first-order valence-electron chi connectivity index (χ1n) is 5.62. The quantitative estimate of drug-likeness (QED) is 0.747. The minimum absolute atomic E-state index is 0.264. The van der Waals surface area contributed by atoms with Gasteiger partial charge in [-0.3, -0.25) is 4.68 Å². The Balaban J connectivity index is 2.21. The zero-order chi connectivity index (χ0) is 11.6. The van der Waals surface area contributed by atoms with E-state index in [1.165, 1.54) is 11.1 Å². The standard InChI is InChI=1S/C14H18N2/c1-14(2,3)11-16-10-13(9-15-16)12-7-5-4-6-8-12/h4-10H,11H2,1-3H3. The molecule has 0 bridgehead atoms. The Morgan fingerprint density at radius 2 is 1.75 bits per heavy atom. The molecule has 2 heteroatoms. The highest BCUT2D eigenvalue weighted by atomic mass is 15.3. The number of rotatable bonds is 2. The predicted octanol–water partition coefficient (Wildman–Crippen LogP) is 3.60. The summed E-state index contributed by atoms with van der Waals surface area (Å²) in [5.74, 6) is 0. The molecule has 0 aliphatic rings. The summed E-state index contributed by atoms with van der Waals surface area (Å²) in [6.45, 7) is 7.60. The molecule has 0 aliphatic carbocycles. The van der Waals surface area contributed by atoms with E-state index in [0.29, 0.717) is 0 Å². The van der Waals surface area contributed by atoms with E-state index in [1.54, 1.807) is 0 Å². The Morgan fingerprint density at radius 1 is 1.06 bits per heavy atom. The molecule has 0 saturated carbocycles. The SMILES string of the molecule is CC(C)(C)Cn1cc(-c2ccccc2)cn1. The topological polar surface area (TPSA) is 17.8 Å². The van der Waals surface area contributed by atoms with E-state index in [0.717, 1.165) is 6.54 Å². The lowest BCUT2D eigenvalue weighted by molar-refractivity contribution is 0.325. The van der Waals surface area contributed by atoms with Crippen molar-refractivity contribution in [3.63, 3.8) is 0 Å². The monoisotopic (exact) mass is 214 g/mol. The molecule has 0 N–H and O–H groups in total. The van der Waals surface area contributed by atoms with Crippen molar-refractivity contribution in [3.05, 3.63) is 42.7 Å². The second kappa shape index (κ2) is 4.12. The van der Waals surface area contributed by atoms with E-state index in [4.69, 9.17) is 0 Å². The van der Waals surface area contributed by atoms with Crippen LogP contribution in [0.25, 0.3) is 11.1 Å². The van der Waals surface area contributed by atoms with Crippen LogP contribution in [0.2, 0.25) is 0 Å². The molecule has 0 radical (unpaired) electrons. The van der Waals surface area contributed by atoms with Crippen LogP contribution in [0.1, 0.15) is 20.8 Å². The van der Waals surface area contributed by atoms with E-state index in [2.05, 4.69) is 56.3 Å². The van der Waals surface area contributed by atoms with Gasteiger partial charge in [-0.1, -0.05) is 51.1 Å². The first-order valence-corrected chi connectivity index (χ1v) is 5.62. The third kappa shape index (κ3) is 2.72. The summed E-state index contributed by atoms with van der Waals surface area (Å²) < 4.78 is 2.02. The summed E-state index contributed by atoms with van der Waals surface area (Å²) in [6.07, 6.45) is 4.04. The lowest BCUT2D eigenvalue weighted by Gasteiger charge is -2.17. The fourth-order valence-corrected chi connectivity index (χ4v) is 1.72. The second-order valence-corrected chi connectivity index (χ2v) is 5.35. The molecule has 0 atom stereocenters. The molecule has 84 valence electrons. The molecular formula is C14H18N2. The van der Waals surface area contributed by atoms with E-state index in [-0.39, 0.29) is 5.41 Å². The minimum Gasteiger partial charge on any atom is -0.272 e. The largest absolute Gasteiger partial charge is 0.272 e. The highest BCUT2D eigenvalue weighted by molar-refractivity contribution is 5.61. The van der Waals surface area contributed by atoms with Gasteiger partial charge in [-0.15, -0.1) is 0 Å². The summed E-state index contributed by atoms with van der Waals surface area (Å²) in [6, 6.07) is 10.4. The molecule has 1 aromatic carbocycles. The van der Waals surface area contributed by atoms with Crippen molar-refractivity contribution in [2.24, 2.45) is 5.41 Å². The summed E-state index contributed by atoms with van der Waals surface area (Å²) in [5, 5.41) is 4.39. The van der Waals surface area contributed by atoms with Crippen molar-refractivity contribution in [3.8, 4) is 11.1 Å². The van der Waals surface area contributed by atoms with Crippen LogP contribution in [-0.2, 0) is 6.54 Å². The number of nitrogens with zero attached hydrogens (tertiary/aromatic N) is 2. The average Bonchev–Trinajstić information content (AvgIpc) is 2.65. The van der Waals surface area contributed by atoms with Gasteiger partial charge in [0.1, 0.15) is 0 Å². The van der Waals surface area contributed by atoms with E-state index < -0.39 is 0 Å². The van der Waals surface area contributed by atoms with Crippen LogP contribution in [0, 0.1) is 5.41 Å². The van der Waals surface area contributed by atoms with Crippen molar-refractivity contribution < 1.29 is 0 Å². The maximum atomic E-state index is 4.39. The Kier molecular flexibility index (Phi) is 2.82. The fraction of sp³-hybridized carbons (Fsp3) is 0.357. The van der Waals surface area contributed by atoms with Crippen LogP contribution in [0.15, 0.2) is 42.7 Å². The predicted molar refractivity (Wildman–Crippen MR) is 67.1 cm³/mol. The van der Waals surface area contributed by atoms with Crippen molar-refractivity contribution in [2.75, 3.05) is 0 Å². The zero-order valence-electron chi connectivity index (χ0n) is 10.1.